The summed E-state index contributed by atoms with van der Waals surface area (Å²) in [5.41, 5.74) is 26.8. The first-order valence-electron chi connectivity index (χ1n) is 27.6. The van der Waals surface area contributed by atoms with E-state index in [1.54, 1.807) is 0 Å². The second-order valence-electron chi connectivity index (χ2n) is 28.4. The molecule has 7 aromatic carbocycles. The van der Waals surface area contributed by atoms with Crippen molar-refractivity contribution in [2.45, 2.75) is 181 Å². The van der Waals surface area contributed by atoms with Crippen LogP contribution in [0.25, 0.3) is 22.3 Å². The summed E-state index contributed by atoms with van der Waals surface area (Å²) >= 11 is 0. The molecule has 0 unspecified atom stereocenters. The van der Waals surface area contributed by atoms with Crippen molar-refractivity contribution in [3.63, 3.8) is 0 Å². The van der Waals surface area contributed by atoms with Crippen LogP contribution in [0.2, 0.25) is 0 Å². The molecule has 2 heterocycles. The highest BCUT2D eigenvalue weighted by molar-refractivity contribution is 7.00. The molecule has 0 saturated carbocycles. The molecular weight excluding hydrogens is 880 g/mol. The maximum Gasteiger partial charge on any atom is 0.252 e. The van der Waals surface area contributed by atoms with Gasteiger partial charge in [0.25, 0.3) is 6.71 Å². The molecule has 2 nitrogen and oxygen atoms in total. The van der Waals surface area contributed by atoms with E-state index >= 15 is 0 Å². The highest BCUT2D eigenvalue weighted by Crippen LogP contribution is 2.54. The Balaban J connectivity index is 1.30. The maximum atomic E-state index is 2.73. The Labute approximate surface area is 440 Å². The molecule has 0 bridgehead atoms. The molecular formula is C70H81BN2. The van der Waals surface area contributed by atoms with Gasteiger partial charge < -0.3 is 9.80 Å². The van der Waals surface area contributed by atoms with Crippen LogP contribution in [0.4, 0.5) is 34.1 Å². The average Bonchev–Trinajstić information content (AvgIpc) is 3.33. The average molecular weight is 961 g/mol. The van der Waals surface area contributed by atoms with Crippen molar-refractivity contribution < 1.29 is 0 Å². The van der Waals surface area contributed by atoms with Crippen molar-refractivity contribution in [3.8, 4) is 22.3 Å². The standard InChI is InChI=1S/C70H81BN2/c1-64(2,3)45-28-32-58(51(37-45)50-26-22-21-25-49(50)44-23-19-18-20-24-44)73-59-38-46(65(4,5)6)27-31-56(59)71-57-42-54-55(70(16,17)36-35-69(54,14)15)43-60(57)72(61-39-47(66(7,8)9)40-62(73)63(61)71)48-29-30-52-53(41-48)68(12,13)34-33-67(52,10)11/h18-32,37-43H,33-36H2,1-17H3. The van der Waals surface area contributed by atoms with Crippen LogP contribution in [0.1, 0.15) is 182 Å². The molecule has 0 radical (unpaired) electrons. The lowest BCUT2D eigenvalue weighted by molar-refractivity contribution is 0.332. The molecule has 4 aliphatic rings. The Morgan fingerprint density at radius 3 is 1.44 bits per heavy atom. The zero-order valence-corrected chi connectivity index (χ0v) is 47.5. The van der Waals surface area contributed by atoms with Crippen LogP contribution in [-0.4, -0.2) is 6.71 Å². The molecule has 0 spiro atoms. The van der Waals surface area contributed by atoms with E-state index in [2.05, 4.69) is 261 Å². The number of anilines is 6. The topological polar surface area (TPSA) is 6.48 Å². The second-order valence-corrected chi connectivity index (χ2v) is 28.4. The van der Waals surface area contributed by atoms with Crippen LogP contribution in [0.3, 0.4) is 0 Å². The predicted octanol–water partition coefficient (Wildman–Crippen LogP) is 17.7. The number of fused-ring (bicyclic) bond motifs is 6. The Morgan fingerprint density at radius 2 is 0.836 bits per heavy atom. The molecule has 0 amide bonds. The van der Waals surface area contributed by atoms with E-state index in [1.165, 1.54) is 137 Å². The monoisotopic (exact) mass is 961 g/mol. The van der Waals surface area contributed by atoms with Gasteiger partial charge in [-0.1, -0.05) is 203 Å². The van der Waals surface area contributed by atoms with Crippen LogP contribution in [-0.2, 0) is 37.9 Å². The molecule has 0 saturated heterocycles. The predicted molar refractivity (Wildman–Crippen MR) is 318 cm³/mol. The summed E-state index contributed by atoms with van der Waals surface area (Å²) in [4.78, 5) is 5.45. The molecule has 0 N–H and O–H groups in total. The Hall–Kier alpha value is -5.80. The van der Waals surface area contributed by atoms with Gasteiger partial charge in [-0.15, -0.1) is 0 Å². The summed E-state index contributed by atoms with van der Waals surface area (Å²) in [6.07, 6.45) is 4.71. The Morgan fingerprint density at radius 1 is 0.356 bits per heavy atom. The summed E-state index contributed by atoms with van der Waals surface area (Å²) in [5.74, 6) is 0. The fraction of sp³-hybridized carbons (Fsp3) is 0.400. The quantitative estimate of drug-likeness (QED) is 0.162. The minimum atomic E-state index is -0.144. The summed E-state index contributed by atoms with van der Waals surface area (Å²) in [6.45, 7) is 41.3. The van der Waals surface area contributed by atoms with E-state index < -0.39 is 0 Å². The SMILES string of the molecule is CC(C)(C)c1ccc(N2c3cc(C(C)(C)C)ccc3B3c4cc5c(cc4N(c4ccc6c(c4)C(C)(C)CCC6(C)C)c4cc(C(C)(C)C)cc2c43)C(C)(C)CCC5(C)C)c(-c2ccccc2-c2ccccc2)c1. The van der Waals surface area contributed by atoms with E-state index in [-0.39, 0.29) is 44.6 Å². The van der Waals surface area contributed by atoms with Crippen molar-refractivity contribution in [1.29, 1.82) is 0 Å². The summed E-state index contributed by atoms with van der Waals surface area (Å²) in [7, 11) is 0. The number of rotatable bonds is 4. The normalized spacial score (nSPS) is 18.1. The zero-order valence-electron chi connectivity index (χ0n) is 47.5. The molecule has 73 heavy (non-hydrogen) atoms. The molecule has 2 aliphatic heterocycles. The lowest BCUT2D eigenvalue weighted by Gasteiger charge is -2.48. The van der Waals surface area contributed by atoms with Gasteiger partial charge in [0, 0.05) is 34.0 Å². The largest absolute Gasteiger partial charge is 0.311 e. The van der Waals surface area contributed by atoms with Crippen molar-refractivity contribution in [2.75, 3.05) is 9.80 Å². The van der Waals surface area contributed by atoms with Gasteiger partial charge in [0.15, 0.2) is 0 Å². The molecule has 2 aliphatic carbocycles. The van der Waals surface area contributed by atoms with Gasteiger partial charge in [0.1, 0.15) is 0 Å². The van der Waals surface area contributed by atoms with E-state index in [0.29, 0.717) is 0 Å². The van der Waals surface area contributed by atoms with Crippen LogP contribution in [0.15, 0.2) is 133 Å². The Bertz CT molecular complexity index is 3360. The number of nitrogens with zero attached hydrogens (tertiary/aromatic N) is 2. The van der Waals surface area contributed by atoms with Gasteiger partial charge in [-0.05, 0) is 184 Å². The Kier molecular flexibility index (Phi) is 11.1. The maximum absolute atomic E-state index is 2.73. The first-order valence-corrected chi connectivity index (χ1v) is 27.6. The van der Waals surface area contributed by atoms with Gasteiger partial charge in [-0.3, -0.25) is 0 Å². The van der Waals surface area contributed by atoms with Crippen LogP contribution >= 0.6 is 0 Å². The highest BCUT2D eigenvalue weighted by Gasteiger charge is 2.48. The minimum Gasteiger partial charge on any atom is -0.311 e. The van der Waals surface area contributed by atoms with Gasteiger partial charge in [0.05, 0.1) is 5.69 Å². The zero-order chi connectivity index (χ0) is 52.2. The van der Waals surface area contributed by atoms with Gasteiger partial charge in [-0.2, -0.15) is 0 Å². The highest BCUT2D eigenvalue weighted by atomic mass is 15.2. The molecule has 374 valence electrons. The number of benzene rings is 7. The first kappa shape index (κ1) is 49.4. The van der Waals surface area contributed by atoms with E-state index in [9.17, 15) is 0 Å². The lowest BCUT2D eigenvalue weighted by atomic mass is 9.33. The van der Waals surface area contributed by atoms with E-state index in [1.807, 2.05) is 0 Å². The fourth-order valence-corrected chi connectivity index (χ4v) is 13.2. The second kappa shape index (κ2) is 16.4. The third-order valence-electron chi connectivity index (χ3n) is 18.3. The van der Waals surface area contributed by atoms with Crippen molar-refractivity contribution in [1.82, 2.24) is 0 Å². The van der Waals surface area contributed by atoms with Crippen molar-refractivity contribution >= 4 is 57.2 Å². The van der Waals surface area contributed by atoms with Crippen LogP contribution < -0.4 is 26.2 Å². The van der Waals surface area contributed by atoms with Gasteiger partial charge in [0.2, 0.25) is 0 Å². The molecule has 0 aromatic heterocycles. The van der Waals surface area contributed by atoms with Gasteiger partial charge in [-0.25, -0.2) is 0 Å². The molecule has 7 aromatic rings. The van der Waals surface area contributed by atoms with Crippen LogP contribution in [0.5, 0.6) is 0 Å². The van der Waals surface area contributed by atoms with Gasteiger partial charge >= 0.3 is 0 Å². The van der Waals surface area contributed by atoms with Crippen LogP contribution in [0, 0.1) is 0 Å². The number of hydrogen-bond donors (Lipinski definition) is 0. The van der Waals surface area contributed by atoms with Crippen molar-refractivity contribution in [3.05, 3.63) is 172 Å². The summed E-state index contributed by atoms with van der Waals surface area (Å²) in [6, 6.07) is 53.2. The number of hydrogen-bond acceptors (Lipinski definition) is 2. The summed E-state index contributed by atoms with van der Waals surface area (Å²) in [5, 5.41) is 0. The lowest BCUT2D eigenvalue weighted by Crippen LogP contribution is -2.62. The molecule has 3 heteroatoms. The third-order valence-corrected chi connectivity index (χ3v) is 18.3. The van der Waals surface area contributed by atoms with E-state index in [4.69, 9.17) is 0 Å². The molecule has 11 rings (SSSR count). The summed E-state index contributed by atoms with van der Waals surface area (Å²) < 4.78 is 0. The molecule has 0 atom stereocenters. The fourth-order valence-electron chi connectivity index (χ4n) is 13.2. The van der Waals surface area contributed by atoms with E-state index in [0.717, 1.165) is 0 Å². The minimum absolute atomic E-state index is 0.0126. The van der Waals surface area contributed by atoms with Crippen molar-refractivity contribution in [2.24, 2.45) is 0 Å². The molecule has 0 fully saturated rings. The first-order chi connectivity index (χ1) is 34.1. The third kappa shape index (κ3) is 8.04. The smallest absolute Gasteiger partial charge is 0.252 e.